The van der Waals surface area contributed by atoms with Crippen LogP contribution in [0.25, 0.3) is 0 Å². The van der Waals surface area contributed by atoms with Gasteiger partial charge < -0.3 is 9.88 Å². The molecule has 1 aliphatic carbocycles. The maximum Gasteiger partial charge on any atom is 0.260 e. The van der Waals surface area contributed by atoms with E-state index in [2.05, 4.69) is 9.88 Å². The molecule has 0 radical (unpaired) electrons. The van der Waals surface area contributed by atoms with Crippen molar-refractivity contribution in [3.8, 4) is 0 Å². The largest absolute Gasteiger partial charge is 0.336 e. The van der Waals surface area contributed by atoms with E-state index < -0.39 is 0 Å². The maximum absolute atomic E-state index is 12.2. The Kier molecular flexibility index (Phi) is 2.91. The predicted molar refractivity (Wildman–Crippen MR) is 67.6 cm³/mol. The van der Waals surface area contributed by atoms with Gasteiger partial charge in [0.1, 0.15) is 5.56 Å². The van der Waals surface area contributed by atoms with Gasteiger partial charge in [-0.2, -0.15) is 0 Å². The molecule has 1 amide bonds. The molecular formula is C13H17N3O2. The van der Waals surface area contributed by atoms with E-state index in [1.807, 2.05) is 0 Å². The highest BCUT2D eigenvalue weighted by Crippen LogP contribution is 2.27. The number of carbonyl (C=O) groups is 1. The third-order valence-electron chi connectivity index (χ3n) is 3.71. The fourth-order valence-corrected chi connectivity index (χ4v) is 2.49. The van der Waals surface area contributed by atoms with E-state index in [1.165, 1.54) is 12.8 Å². The first-order valence-corrected chi connectivity index (χ1v) is 6.47. The Morgan fingerprint density at radius 3 is 2.56 bits per heavy atom. The van der Waals surface area contributed by atoms with Crippen LogP contribution in [0.4, 0.5) is 0 Å². The molecule has 18 heavy (non-hydrogen) atoms. The van der Waals surface area contributed by atoms with Gasteiger partial charge in [-0.3, -0.25) is 14.5 Å². The summed E-state index contributed by atoms with van der Waals surface area (Å²) in [4.78, 5) is 30.5. The number of nitrogens with zero attached hydrogens (tertiary/aromatic N) is 2. The van der Waals surface area contributed by atoms with Gasteiger partial charge in [0.25, 0.3) is 11.5 Å². The highest BCUT2D eigenvalue weighted by atomic mass is 16.2. The van der Waals surface area contributed by atoms with Crippen LogP contribution < -0.4 is 5.56 Å². The van der Waals surface area contributed by atoms with Crippen LogP contribution in [0.15, 0.2) is 23.1 Å². The first-order chi connectivity index (χ1) is 8.75. The van der Waals surface area contributed by atoms with E-state index in [4.69, 9.17) is 0 Å². The molecule has 1 aromatic rings. The monoisotopic (exact) mass is 247 g/mol. The normalized spacial score (nSPS) is 21.0. The van der Waals surface area contributed by atoms with Gasteiger partial charge in [-0.25, -0.2) is 0 Å². The van der Waals surface area contributed by atoms with Gasteiger partial charge in [-0.05, 0) is 25.0 Å². The zero-order valence-corrected chi connectivity index (χ0v) is 10.3. The molecule has 1 N–H and O–H groups in total. The number of rotatable bonds is 2. The summed E-state index contributed by atoms with van der Waals surface area (Å²) in [7, 11) is 0. The Hall–Kier alpha value is -1.62. The molecule has 1 saturated carbocycles. The summed E-state index contributed by atoms with van der Waals surface area (Å²) in [6, 6.07) is 4.03. The highest BCUT2D eigenvalue weighted by molar-refractivity contribution is 5.93. The van der Waals surface area contributed by atoms with Crippen LogP contribution in [-0.2, 0) is 0 Å². The summed E-state index contributed by atoms with van der Waals surface area (Å²) in [5, 5.41) is 0. The van der Waals surface area contributed by atoms with Gasteiger partial charge >= 0.3 is 0 Å². The van der Waals surface area contributed by atoms with Crippen LogP contribution in [0.3, 0.4) is 0 Å². The average Bonchev–Trinajstić information content (AvgIpc) is 3.23. The first kappa shape index (κ1) is 11.5. The van der Waals surface area contributed by atoms with Crippen molar-refractivity contribution in [2.45, 2.75) is 18.9 Å². The van der Waals surface area contributed by atoms with Gasteiger partial charge in [-0.1, -0.05) is 0 Å². The standard InChI is InChI=1S/C13H17N3O2/c17-12-11(2-1-5-14-12)13(18)16-8-6-15(7-9-16)10-3-4-10/h1-2,5,10H,3-4,6-9H2,(H,14,17). The molecule has 2 aliphatic rings. The number of pyridine rings is 1. The molecule has 2 heterocycles. The molecule has 5 heteroatoms. The molecule has 0 spiro atoms. The van der Waals surface area contributed by atoms with Gasteiger partial charge in [0.05, 0.1) is 0 Å². The minimum absolute atomic E-state index is 0.146. The number of carbonyl (C=O) groups excluding carboxylic acids is 1. The Balaban J connectivity index is 1.67. The number of amides is 1. The lowest BCUT2D eigenvalue weighted by molar-refractivity contribution is 0.0625. The Morgan fingerprint density at radius 2 is 1.94 bits per heavy atom. The van der Waals surface area contributed by atoms with Gasteiger partial charge in [0.2, 0.25) is 0 Å². The Morgan fingerprint density at radius 1 is 1.22 bits per heavy atom. The minimum Gasteiger partial charge on any atom is -0.336 e. The van der Waals surface area contributed by atoms with Crippen LogP contribution in [0.2, 0.25) is 0 Å². The van der Waals surface area contributed by atoms with E-state index in [0.717, 1.165) is 32.2 Å². The van der Waals surface area contributed by atoms with E-state index >= 15 is 0 Å². The average molecular weight is 247 g/mol. The molecule has 2 fully saturated rings. The number of piperazine rings is 1. The van der Waals surface area contributed by atoms with Crippen LogP contribution in [0.1, 0.15) is 23.2 Å². The van der Waals surface area contributed by atoms with Crippen molar-refractivity contribution in [3.63, 3.8) is 0 Å². The summed E-state index contributed by atoms with van der Waals surface area (Å²) in [5.74, 6) is -0.146. The van der Waals surface area contributed by atoms with Crippen molar-refractivity contribution in [2.24, 2.45) is 0 Å². The minimum atomic E-state index is -0.299. The lowest BCUT2D eigenvalue weighted by atomic mass is 10.2. The lowest BCUT2D eigenvalue weighted by Crippen LogP contribution is -2.50. The zero-order valence-electron chi connectivity index (χ0n) is 10.3. The highest BCUT2D eigenvalue weighted by Gasteiger charge is 2.32. The van der Waals surface area contributed by atoms with Crippen molar-refractivity contribution in [2.75, 3.05) is 26.2 Å². The molecule has 0 unspecified atom stereocenters. The molecule has 1 aliphatic heterocycles. The summed E-state index contributed by atoms with van der Waals surface area (Å²) < 4.78 is 0. The molecule has 1 saturated heterocycles. The lowest BCUT2D eigenvalue weighted by Gasteiger charge is -2.34. The summed E-state index contributed by atoms with van der Waals surface area (Å²) in [5.41, 5.74) is -0.0514. The summed E-state index contributed by atoms with van der Waals surface area (Å²) in [6.45, 7) is 3.32. The SMILES string of the molecule is O=C(c1ccc[nH]c1=O)N1CCN(C2CC2)CC1. The quantitative estimate of drug-likeness (QED) is 0.817. The molecule has 0 atom stereocenters. The summed E-state index contributed by atoms with van der Waals surface area (Å²) >= 11 is 0. The molecular weight excluding hydrogens is 230 g/mol. The second-order valence-electron chi connectivity index (χ2n) is 4.97. The van der Waals surface area contributed by atoms with Gasteiger partial charge in [-0.15, -0.1) is 0 Å². The fraction of sp³-hybridized carbons (Fsp3) is 0.538. The number of H-pyrrole nitrogens is 1. The number of hydrogen-bond acceptors (Lipinski definition) is 3. The van der Waals surface area contributed by atoms with Crippen LogP contribution in [-0.4, -0.2) is 52.9 Å². The van der Waals surface area contributed by atoms with Crippen molar-refractivity contribution >= 4 is 5.91 Å². The number of nitrogens with one attached hydrogen (secondary N) is 1. The third-order valence-corrected chi connectivity index (χ3v) is 3.71. The van der Waals surface area contributed by atoms with E-state index in [1.54, 1.807) is 23.2 Å². The number of aromatic nitrogens is 1. The van der Waals surface area contributed by atoms with Crippen molar-refractivity contribution in [1.29, 1.82) is 0 Å². The number of aromatic amines is 1. The van der Waals surface area contributed by atoms with Gasteiger partial charge in [0.15, 0.2) is 0 Å². The van der Waals surface area contributed by atoms with E-state index in [0.29, 0.717) is 0 Å². The molecule has 5 nitrogen and oxygen atoms in total. The fourth-order valence-electron chi connectivity index (χ4n) is 2.49. The zero-order chi connectivity index (χ0) is 12.5. The second-order valence-corrected chi connectivity index (χ2v) is 4.97. The smallest absolute Gasteiger partial charge is 0.260 e. The Labute approximate surface area is 105 Å². The topological polar surface area (TPSA) is 56.4 Å². The van der Waals surface area contributed by atoms with Crippen molar-refractivity contribution in [3.05, 3.63) is 34.2 Å². The number of hydrogen-bond donors (Lipinski definition) is 1. The first-order valence-electron chi connectivity index (χ1n) is 6.47. The van der Waals surface area contributed by atoms with E-state index in [9.17, 15) is 9.59 Å². The van der Waals surface area contributed by atoms with E-state index in [-0.39, 0.29) is 17.0 Å². The van der Waals surface area contributed by atoms with Gasteiger partial charge in [0, 0.05) is 38.4 Å². The van der Waals surface area contributed by atoms with Crippen LogP contribution >= 0.6 is 0 Å². The molecule has 0 bridgehead atoms. The molecule has 96 valence electrons. The predicted octanol–water partition coefficient (Wildman–Crippen LogP) is 0.295. The molecule has 1 aromatic heterocycles. The second kappa shape index (κ2) is 4.57. The Bertz CT molecular complexity index is 499. The van der Waals surface area contributed by atoms with Crippen LogP contribution in [0.5, 0.6) is 0 Å². The molecule has 0 aromatic carbocycles. The van der Waals surface area contributed by atoms with Crippen molar-refractivity contribution in [1.82, 2.24) is 14.8 Å². The third kappa shape index (κ3) is 2.18. The molecule has 3 rings (SSSR count). The van der Waals surface area contributed by atoms with Crippen molar-refractivity contribution < 1.29 is 4.79 Å². The van der Waals surface area contributed by atoms with Crippen LogP contribution in [0, 0.1) is 0 Å². The maximum atomic E-state index is 12.2. The summed E-state index contributed by atoms with van der Waals surface area (Å²) in [6.07, 6.45) is 4.14.